The molecule has 2 N–H and O–H groups in total. The van der Waals surface area contributed by atoms with Crippen molar-refractivity contribution < 1.29 is 12.8 Å². The lowest BCUT2D eigenvalue weighted by Gasteiger charge is -2.11. The summed E-state index contributed by atoms with van der Waals surface area (Å²) in [7, 11) is -3.14. The van der Waals surface area contributed by atoms with Crippen molar-refractivity contribution in [2.45, 2.75) is 24.8 Å². The number of nitrogens with zero attached hydrogens (tertiary/aromatic N) is 1. The van der Waals surface area contributed by atoms with Crippen LogP contribution in [0.3, 0.4) is 0 Å². The van der Waals surface area contributed by atoms with Gasteiger partial charge in [-0.25, -0.2) is 13.4 Å². The Hall–Kier alpha value is -2.28. The Kier molecular flexibility index (Phi) is 6.43. The smallest absolute Gasteiger partial charge is 0.191 e. The summed E-state index contributed by atoms with van der Waals surface area (Å²) in [4.78, 5) is 4.80. The van der Waals surface area contributed by atoms with Gasteiger partial charge in [0.2, 0.25) is 0 Å². The average Bonchev–Trinajstić information content (AvgIpc) is 3.05. The van der Waals surface area contributed by atoms with Gasteiger partial charge < -0.3 is 15.1 Å². The fourth-order valence-electron chi connectivity index (χ4n) is 2.13. The number of hydrogen-bond donors (Lipinski definition) is 2. The summed E-state index contributed by atoms with van der Waals surface area (Å²) in [5.41, 5.74) is 1.07. The van der Waals surface area contributed by atoms with Crippen LogP contribution in [0, 0.1) is 0 Å². The van der Waals surface area contributed by atoms with Gasteiger partial charge in [0.15, 0.2) is 15.8 Å². The summed E-state index contributed by atoms with van der Waals surface area (Å²) in [5.74, 6) is 1.53. The molecule has 6 nitrogen and oxygen atoms in total. The van der Waals surface area contributed by atoms with Crippen LogP contribution in [0.25, 0.3) is 0 Å². The minimum Gasteiger partial charge on any atom is -0.467 e. The standard InChI is InChI=1S/C17H23N3O3S/c1-3-18-17(20-13-15-5-4-12-23-15)19-11-10-14-6-8-16(9-7-14)24(2,21)22/h4-9,12H,3,10-11,13H2,1-2H3,(H2,18,19,20). The quantitative estimate of drug-likeness (QED) is 0.590. The predicted molar refractivity (Wildman–Crippen MR) is 94.8 cm³/mol. The first-order valence-electron chi connectivity index (χ1n) is 7.82. The van der Waals surface area contributed by atoms with E-state index >= 15 is 0 Å². The number of guanidine groups is 1. The summed E-state index contributed by atoms with van der Waals surface area (Å²) in [6.07, 6.45) is 3.61. The van der Waals surface area contributed by atoms with E-state index in [0.29, 0.717) is 18.0 Å². The van der Waals surface area contributed by atoms with Gasteiger partial charge in [0.25, 0.3) is 0 Å². The average molecular weight is 349 g/mol. The normalized spacial score (nSPS) is 12.2. The summed E-state index contributed by atoms with van der Waals surface area (Å²) in [5, 5.41) is 6.43. The molecule has 0 aliphatic heterocycles. The highest BCUT2D eigenvalue weighted by atomic mass is 32.2. The lowest BCUT2D eigenvalue weighted by Crippen LogP contribution is -2.38. The van der Waals surface area contributed by atoms with Crippen LogP contribution in [0.15, 0.2) is 57.0 Å². The molecule has 0 aliphatic rings. The fourth-order valence-corrected chi connectivity index (χ4v) is 2.76. The van der Waals surface area contributed by atoms with E-state index in [4.69, 9.17) is 4.42 Å². The van der Waals surface area contributed by atoms with Gasteiger partial charge in [0.1, 0.15) is 12.3 Å². The van der Waals surface area contributed by atoms with Gasteiger partial charge in [-0.05, 0) is 43.2 Å². The molecule has 0 saturated heterocycles. The first-order chi connectivity index (χ1) is 11.5. The number of aliphatic imine (C=N–C) groups is 1. The molecule has 0 unspecified atom stereocenters. The van der Waals surface area contributed by atoms with E-state index in [2.05, 4.69) is 15.6 Å². The molecule has 0 atom stereocenters. The van der Waals surface area contributed by atoms with E-state index in [0.717, 1.165) is 30.2 Å². The van der Waals surface area contributed by atoms with Crippen LogP contribution in [0.5, 0.6) is 0 Å². The highest BCUT2D eigenvalue weighted by Crippen LogP contribution is 2.10. The van der Waals surface area contributed by atoms with Crippen LogP contribution in [-0.2, 0) is 22.8 Å². The van der Waals surface area contributed by atoms with Gasteiger partial charge in [-0.1, -0.05) is 12.1 Å². The van der Waals surface area contributed by atoms with Gasteiger partial charge in [-0.15, -0.1) is 0 Å². The van der Waals surface area contributed by atoms with E-state index in [1.54, 1.807) is 18.4 Å². The van der Waals surface area contributed by atoms with E-state index in [1.807, 2.05) is 31.2 Å². The molecule has 0 saturated carbocycles. The van der Waals surface area contributed by atoms with Crippen molar-refractivity contribution in [3.63, 3.8) is 0 Å². The molecule has 7 heteroatoms. The molecule has 0 aliphatic carbocycles. The number of nitrogens with one attached hydrogen (secondary N) is 2. The molecule has 2 aromatic rings. The summed E-state index contributed by atoms with van der Waals surface area (Å²) < 4.78 is 28.2. The first kappa shape index (κ1) is 18.1. The van der Waals surface area contributed by atoms with E-state index in [-0.39, 0.29) is 0 Å². The molecule has 1 heterocycles. The van der Waals surface area contributed by atoms with E-state index < -0.39 is 9.84 Å². The van der Waals surface area contributed by atoms with Crippen LogP contribution < -0.4 is 10.6 Å². The second kappa shape index (κ2) is 8.54. The van der Waals surface area contributed by atoms with Crippen molar-refractivity contribution >= 4 is 15.8 Å². The molecule has 130 valence electrons. The SMILES string of the molecule is CCNC(=NCc1ccco1)NCCc1ccc(S(C)(=O)=O)cc1. The lowest BCUT2D eigenvalue weighted by molar-refractivity contribution is 0.512. The Balaban J connectivity index is 1.87. The number of hydrogen-bond acceptors (Lipinski definition) is 4. The second-order valence-electron chi connectivity index (χ2n) is 5.37. The molecule has 0 bridgehead atoms. The minimum atomic E-state index is -3.14. The number of rotatable bonds is 7. The van der Waals surface area contributed by atoms with Crippen molar-refractivity contribution in [1.82, 2.24) is 10.6 Å². The molecular weight excluding hydrogens is 326 g/mol. The topological polar surface area (TPSA) is 83.7 Å². The zero-order chi connectivity index (χ0) is 17.4. The molecular formula is C17H23N3O3S. The summed E-state index contributed by atoms with van der Waals surface area (Å²) >= 11 is 0. The zero-order valence-electron chi connectivity index (χ0n) is 14.0. The van der Waals surface area contributed by atoms with Crippen LogP contribution in [0.2, 0.25) is 0 Å². The van der Waals surface area contributed by atoms with Crippen molar-refractivity contribution in [3.8, 4) is 0 Å². The maximum absolute atomic E-state index is 11.4. The van der Waals surface area contributed by atoms with Gasteiger partial charge >= 0.3 is 0 Å². The van der Waals surface area contributed by atoms with Crippen molar-refractivity contribution in [1.29, 1.82) is 0 Å². The third-order valence-electron chi connectivity index (χ3n) is 3.37. The van der Waals surface area contributed by atoms with Crippen LogP contribution in [0.1, 0.15) is 18.2 Å². The second-order valence-corrected chi connectivity index (χ2v) is 7.38. The zero-order valence-corrected chi connectivity index (χ0v) is 14.8. The Bertz CT molecular complexity index is 751. The first-order valence-corrected chi connectivity index (χ1v) is 9.71. The van der Waals surface area contributed by atoms with Gasteiger partial charge in [-0.3, -0.25) is 0 Å². The van der Waals surface area contributed by atoms with Gasteiger partial charge in [-0.2, -0.15) is 0 Å². The predicted octanol–water partition coefficient (Wildman–Crippen LogP) is 1.98. The largest absolute Gasteiger partial charge is 0.467 e. The third kappa shape index (κ3) is 5.73. The van der Waals surface area contributed by atoms with Crippen LogP contribution >= 0.6 is 0 Å². The third-order valence-corrected chi connectivity index (χ3v) is 4.50. The Morgan fingerprint density at radius 3 is 2.50 bits per heavy atom. The lowest BCUT2D eigenvalue weighted by atomic mass is 10.1. The van der Waals surface area contributed by atoms with Crippen molar-refractivity contribution in [2.75, 3.05) is 19.3 Å². The monoisotopic (exact) mass is 349 g/mol. The van der Waals surface area contributed by atoms with Crippen molar-refractivity contribution in [2.24, 2.45) is 4.99 Å². The molecule has 0 fully saturated rings. The highest BCUT2D eigenvalue weighted by Gasteiger charge is 2.06. The molecule has 0 spiro atoms. The Labute approximate surface area is 142 Å². The van der Waals surface area contributed by atoms with Crippen molar-refractivity contribution in [3.05, 3.63) is 54.0 Å². The van der Waals surface area contributed by atoms with E-state index in [9.17, 15) is 8.42 Å². The minimum absolute atomic E-state index is 0.340. The maximum Gasteiger partial charge on any atom is 0.191 e. The summed E-state index contributed by atoms with van der Waals surface area (Å²) in [6, 6.07) is 10.7. The Morgan fingerprint density at radius 2 is 1.92 bits per heavy atom. The molecule has 0 radical (unpaired) electrons. The summed E-state index contributed by atoms with van der Waals surface area (Å²) in [6.45, 7) is 3.95. The molecule has 0 amide bonds. The number of sulfone groups is 1. The molecule has 1 aromatic heterocycles. The highest BCUT2D eigenvalue weighted by molar-refractivity contribution is 7.90. The number of benzene rings is 1. The van der Waals surface area contributed by atoms with Crippen LogP contribution in [-0.4, -0.2) is 33.7 Å². The Morgan fingerprint density at radius 1 is 1.17 bits per heavy atom. The molecule has 24 heavy (non-hydrogen) atoms. The molecule has 1 aromatic carbocycles. The van der Waals surface area contributed by atoms with Crippen LogP contribution in [0.4, 0.5) is 0 Å². The van der Waals surface area contributed by atoms with Gasteiger partial charge in [0.05, 0.1) is 11.2 Å². The maximum atomic E-state index is 11.4. The molecule has 2 rings (SSSR count). The fraction of sp³-hybridized carbons (Fsp3) is 0.353. The van der Waals surface area contributed by atoms with E-state index in [1.165, 1.54) is 6.26 Å². The number of furan rings is 1. The van der Waals surface area contributed by atoms with Gasteiger partial charge in [0, 0.05) is 19.3 Å².